The summed E-state index contributed by atoms with van der Waals surface area (Å²) in [5.41, 5.74) is 9.29. The molecule has 8 heterocycles. The van der Waals surface area contributed by atoms with E-state index in [9.17, 15) is 0 Å². The van der Waals surface area contributed by atoms with Gasteiger partial charge in [-0.2, -0.15) is 0 Å². The van der Waals surface area contributed by atoms with Crippen molar-refractivity contribution < 1.29 is 0 Å². The molecule has 0 amide bonds. The molecule has 0 N–H and O–H groups in total. The molecule has 9 aromatic rings. The molecule has 0 radical (unpaired) electrons. The Morgan fingerprint density at radius 1 is 0.403 bits per heavy atom. The van der Waals surface area contributed by atoms with Gasteiger partial charge in [-0.05, 0) is 98.0 Å². The Bertz CT molecular complexity index is 3470. The highest BCUT2D eigenvalue weighted by molar-refractivity contribution is 5.94. The first-order chi connectivity index (χ1) is 35.6. The number of rotatable bonds is 7. The van der Waals surface area contributed by atoms with E-state index in [-0.39, 0.29) is 30.1 Å². The Morgan fingerprint density at radius 3 is 1.35 bits per heavy atom. The van der Waals surface area contributed by atoms with Crippen molar-refractivity contribution in [2.75, 3.05) is 29.4 Å². The number of para-hydroxylation sites is 6. The molecule has 5 aliphatic rings. The summed E-state index contributed by atoms with van der Waals surface area (Å²) >= 11 is 0. The maximum absolute atomic E-state index is 5.34. The van der Waals surface area contributed by atoms with Crippen LogP contribution >= 0.6 is 0 Å². The summed E-state index contributed by atoms with van der Waals surface area (Å²) in [6, 6.07) is 59.5. The molecule has 5 aliphatic heterocycles. The van der Waals surface area contributed by atoms with Gasteiger partial charge in [0, 0.05) is 89.3 Å². The SMILES string of the molecule is CCC1C2C(C3(c4ccccc4N4c5nccnc5N(c5ccccc5)C(C)CC4C)c4ccccc4N4c5nccnc5N(c5ccccc5)C43)c3ccccc3N2c2nccnc2N1c1ccccc1. The molecule has 0 saturated carbocycles. The van der Waals surface area contributed by atoms with Crippen LogP contribution in [0.3, 0.4) is 0 Å². The molecular weight excluding hydrogens is 889 g/mol. The fourth-order valence-corrected chi connectivity index (χ4v) is 13.5. The standard InChI is InChI=1S/C60H52N12/c1-4-47-52-51(44-26-14-17-29-48(44)71(52)57-55(63-34-36-65-57)69(47)42-22-10-6-11-23-42)60(46-28-16-19-31-50(46)72-58-56(64-35-37-66-58)70(59(60)72)43-24-12-7-13-25-43)45-27-15-18-30-49(45)68-40(3)38-39(2)67(41-20-8-5-9-21-41)53-54(68)62-33-32-61-53/h5-37,39-40,47,51-52,59H,4,38H2,1-3H3. The number of aromatic nitrogens is 6. The average molecular weight is 941 g/mol. The predicted octanol–water partition coefficient (Wildman–Crippen LogP) is 12.7. The molecular formula is C60H52N12. The van der Waals surface area contributed by atoms with E-state index in [0.29, 0.717) is 0 Å². The Kier molecular flexibility index (Phi) is 9.67. The van der Waals surface area contributed by atoms with Crippen LogP contribution in [-0.4, -0.2) is 60.2 Å². The predicted molar refractivity (Wildman–Crippen MR) is 286 cm³/mol. The van der Waals surface area contributed by atoms with Crippen LogP contribution in [0.2, 0.25) is 0 Å². The molecule has 0 spiro atoms. The van der Waals surface area contributed by atoms with E-state index < -0.39 is 11.6 Å². The van der Waals surface area contributed by atoms with Crippen LogP contribution < -0.4 is 29.4 Å². The van der Waals surface area contributed by atoms with E-state index in [0.717, 1.165) is 81.9 Å². The van der Waals surface area contributed by atoms with Crippen molar-refractivity contribution in [3.8, 4) is 0 Å². The highest BCUT2D eigenvalue weighted by Crippen LogP contribution is 2.70. The number of nitrogens with zero attached hydrogens (tertiary/aromatic N) is 12. The molecule has 12 heteroatoms. The molecule has 352 valence electrons. The number of hydrogen-bond acceptors (Lipinski definition) is 12. The third-order valence-corrected chi connectivity index (χ3v) is 15.9. The molecule has 0 saturated heterocycles. The van der Waals surface area contributed by atoms with Gasteiger partial charge in [-0.3, -0.25) is 0 Å². The number of benzene rings is 6. The monoisotopic (exact) mass is 940 g/mol. The maximum Gasteiger partial charge on any atom is 0.178 e. The van der Waals surface area contributed by atoms with E-state index in [4.69, 9.17) is 29.9 Å². The van der Waals surface area contributed by atoms with Crippen LogP contribution in [0.25, 0.3) is 0 Å². The largest absolute Gasteiger partial charge is 0.320 e. The molecule has 0 fully saturated rings. The van der Waals surface area contributed by atoms with E-state index in [1.807, 2.05) is 37.2 Å². The minimum absolute atomic E-state index is 0.00519. The van der Waals surface area contributed by atoms with Gasteiger partial charge in [0.2, 0.25) is 0 Å². The molecule has 6 aromatic carbocycles. The van der Waals surface area contributed by atoms with Gasteiger partial charge in [-0.25, -0.2) is 29.9 Å². The highest BCUT2D eigenvalue weighted by Gasteiger charge is 2.69. The number of fused-ring (bicyclic) bond motifs is 11. The second kappa shape index (κ2) is 16.5. The number of hydrogen-bond donors (Lipinski definition) is 0. The van der Waals surface area contributed by atoms with E-state index in [1.54, 1.807) is 0 Å². The van der Waals surface area contributed by atoms with Crippen molar-refractivity contribution in [1.82, 2.24) is 29.9 Å². The fraction of sp³-hybridized carbons (Fsp3) is 0.200. The summed E-state index contributed by atoms with van der Waals surface area (Å²) in [7, 11) is 0. The molecule has 14 rings (SSSR count). The summed E-state index contributed by atoms with van der Waals surface area (Å²) in [5.74, 6) is 4.76. The van der Waals surface area contributed by atoms with Crippen LogP contribution in [0.15, 0.2) is 201 Å². The van der Waals surface area contributed by atoms with Crippen LogP contribution in [0.5, 0.6) is 0 Å². The Hall–Kier alpha value is -8.64. The molecule has 0 bridgehead atoms. The first-order valence-electron chi connectivity index (χ1n) is 25.2. The Labute approximate surface area is 419 Å². The van der Waals surface area contributed by atoms with Gasteiger partial charge in [0.25, 0.3) is 0 Å². The van der Waals surface area contributed by atoms with Crippen molar-refractivity contribution in [2.24, 2.45) is 0 Å². The zero-order valence-corrected chi connectivity index (χ0v) is 40.3. The fourth-order valence-electron chi connectivity index (χ4n) is 13.5. The van der Waals surface area contributed by atoms with Gasteiger partial charge in [0.15, 0.2) is 34.9 Å². The van der Waals surface area contributed by atoms with E-state index in [1.165, 1.54) is 16.7 Å². The first-order valence-corrected chi connectivity index (χ1v) is 25.2. The van der Waals surface area contributed by atoms with Gasteiger partial charge in [0.1, 0.15) is 6.17 Å². The van der Waals surface area contributed by atoms with Gasteiger partial charge < -0.3 is 29.4 Å². The lowest BCUT2D eigenvalue weighted by atomic mass is 9.59. The topological polar surface area (TPSA) is 96.8 Å². The third kappa shape index (κ3) is 5.86. The zero-order chi connectivity index (χ0) is 48.1. The second-order valence-corrected chi connectivity index (χ2v) is 19.6. The van der Waals surface area contributed by atoms with Crippen molar-refractivity contribution in [2.45, 2.75) is 75.3 Å². The molecule has 12 nitrogen and oxygen atoms in total. The van der Waals surface area contributed by atoms with E-state index >= 15 is 0 Å². The highest BCUT2D eigenvalue weighted by atomic mass is 15.5. The minimum atomic E-state index is -0.879. The molecule has 7 atom stereocenters. The Balaban J connectivity index is 1.12. The van der Waals surface area contributed by atoms with Crippen LogP contribution in [-0.2, 0) is 5.41 Å². The quantitative estimate of drug-likeness (QED) is 0.152. The lowest BCUT2D eigenvalue weighted by Gasteiger charge is -2.53. The molecule has 7 unspecified atom stereocenters. The second-order valence-electron chi connectivity index (χ2n) is 19.6. The van der Waals surface area contributed by atoms with Crippen molar-refractivity contribution in [3.63, 3.8) is 0 Å². The summed E-state index contributed by atoms with van der Waals surface area (Å²) in [6.45, 7) is 7.00. The van der Waals surface area contributed by atoms with Gasteiger partial charge in [-0.15, -0.1) is 0 Å². The minimum Gasteiger partial charge on any atom is -0.320 e. The van der Waals surface area contributed by atoms with Gasteiger partial charge in [0.05, 0.1) is 17.5 Å². The molecule has 0 aliphatic carbocycles. The van der Waals surface area contributed by atoms with Gasteiger partial charge in [-0.1, -0.05) is 116 Å². The summed E-state index contributed by atoms with van der Waals surface area (Å²) in [4.78, 5) is 46.4. The van der Waals surface area contributed by atoms with Crippen LogP contribution in [0.1, 0.15) is 56.2 Å². The summed E-state index contributed by atoms with van der Waals surface area (Å²) in [5, 5.41) is 0. The van der Waals surface area contributed by atoms with Crippen LogP contribution in [0, 0.1) is 0 Å². The Morgan fingerprint density at radius 2 is 0.792 bits per heavy atom. The zero-order valence-electron chi connectivity index (χ0n) is 40.3. The lowest BCUT2D eigenvalue weighted by Crippen LogP contribution is -2.61. The molecule has 72 heavy (non-hydrogen) atoms. The van der Waals surface area contributed by atoms with E-state index in [2.05, 4.69) is 214 Å². The normalized spacial score (nSPS) is 23.4. The number of anilines is 12. The smallest absolute Gasteiger partial charge is 0.178 e. The summed E-state index contributed by atoms with van der Waals surface area (Å²) in [6.07, 6.45) is 12.3. The van der Waals surface area contributed by atoms with Crippen molar-refractivity contribution in [3.05, 3.63) is 218 Å². The molecule has 3 aromatic heterocycles. The average Bonchev–Trinajstić information content (AvgIpc) is 4.04. The van der Waals surface area contributed by atoms with Crippen LogP contribution in [0.4, 0.5) is 69.0 Å². The third-order valence-electron chi connectivity index (χ3n) is 15.9. The first kappa shape index (κ1) is 42.3. The van der Waals surface area contributed by atoms with Crippen molar-refractivity contribution >= 4 is 69.0 Å². The maximum atomic E-state index is 5.34. The summed E-state index contributed by atoms with van der Waals surface area (Å²) < 4.78 is 0. The van der Waals surface area contributed by atoms with Crippen molar-refractivity contribution in [1.29, 1.82) is 0 Å². The van der Waals surface area contributed by atoms with Gasteiger partial charge >= 0.3 is 0 Å². The lowest BCUT2D eigenvalue weighted by molar-refractivity contribution is 0.301.